The van der Waals surface area contributed by atoms with E-state index >= 15 is 0 Å². The predicted molar refractivity (Wildman–Crippen MR) is 99.5 cm³/mol. The molecule has 0 spiro atoms. The highest BCUT2D eigenvalue weighted by Gasteiger charge is 2.40. The third-order valence-corrected chi connectivity index (χ3v) is 6.90. The molecule has 0 saturated carbocycles. The first-order chi connectivity index (χ1) is 13.1. The highest BCUT2D eigenvalue weighted by Crippen LogP contribution is 2.36. The molecule has 0 radical (unpaired) electrons. The summed E-state index contributed by atoms with van der Waals surface area (Å²) in [6.07, 6.45) is -0.266. The van der Waals surface area contributed by atoms with Gasteiger partial charge >= 0.3 is 6.18 Å². The molecule has 0 aromatic carbocycles. The summed E-state index contributed by atoms with van der Waals surface area (Å²) in [4.78, 5) is 11.9. The zero-order chi connectivity index (χ0) is 20.1. The van der Waals surface area contributed by atoms with Crippen molar-refractivity contribution in [2.24, 2.45) is 0 Å². The van der Waals surface area contributed by atoms with E-state index in [1.54, 1.807) is 12.4 Å². The molecule has 3 aromatic rings. The lowest BCUT2D eigenvalue weighted by Gasteiger charge is -2.32. The standard InChI is InChI=1S/C18H19F3N4O2S/c1-11-7-14-16-13(4-5-22-15(16)8-23-17(14)24-11)12-3-2-6-25(9-12)28(26,27)10-18(19,20)21/h4-5,7-8,12H,2-3,6,9-10H2,1H3,(H,23,24). The molecular weight excluding hydrogens is 393 g/mol. The first-order valence-electron chi connectivity index (χ1n) is 8.91. The summed E-state index contributed by atoms with van der Waals surface area (Å²) >= 11 is 0. The van der Waals surface area contributed by atoms with Gasteiger partial charge in [0, 0.05) is 35.8 Å². The number of alkyl halides is 3. The molecule has 1 fully saturated rings. The Balaban J connectivity index is 1.75. The lowest BCUT2D eigenvalue weighted by molar-refractivity contribution is -0.107. The van der Waals surface area contributed by atoms with E-state index < -0.39 is 22.0 Å². The number of aromatic amines is 1. The first kappa shape index (κ1) is 19.1. The average molecular weight is 412 g/mol. The Kier molecular flexibility index (Phi) is 4.58. The van der Waals surface area contributed by atoms with Crippen molar-refractivity contribution in [1.29, 1.82) is 0 Å². The number of fused-ring (bicyclic) bond motifs is 3. The number of pyridine rings is 2. The molecule has 0 aliphatic carbocycles. The van der Waals surface area contributed by atoms with Crippen LogP contribution in [0.3, 0.4) is 0 Å². The molecule has 1 atom stereocenters. The molecule has 4 rings (SSSR count). The minimum absolute atomic E-state index is 0.0325. The average Bonchev–Trinajstić information content (AvgIpc) is 3.00. The number of halogens is 3. The zero-order valence-corrected chi connectivity index (χ0v) is 15.9. The Morgan fingerprint density at radius 1 is 1.32 bits per heavy atom. The Hall–Kier alpha value is -2.20. The van der Waals surface area contributed by atoms with Gasteiger partial charge in [-0.3, -0.25) is 4.98 Å². The van der Waals surface area contributed by atoms with Crippen molar-refractivity contribution >= 4 is 32.0 Å². The summed E-state index contributed by atoms with van der Waals surface area (Å²) in [5.41, 5.74) is 3.21. The maximum absolute atomic E-state index is 12.7. The third kappa shape index (κ3) is 3.58. The second-order valence-electron chi connectivity index (χ2n) is 7.20. The third-order valence-electron chi connectivity index (χ3n) is 5.09. The molecule has 1 N–H and O–H groups in total. The summed E-state index contributed by atoms with van der Waals surface area (Å²) in [5.74, 6) is -2.03. The van der Waals surface area contributed by atoms with Crippen molar-refractivity contribution in [1.82, 2.24) is 19.3 Å². The van der Waals surface area contributed by atoms with E-state index in [9.17, 15) is 21.6 Å². The second-order valence-corrected chi connectivity index (χ2v) is 9.17. The molecule has 3 aromatic heterocycles. The number of sulfonamides is 1. The van der Waals surface area contributed by atoms with Gasteiger partial charge in [0.1, 0.15) is 5.65 Å². The van der Waals surface area contributed by atoms with E-state index in [-0.39, 0.29) is 19.0 Å². The van der Waals surface area contributed by atoms with Crippen LogP contribution in [0.25, 0.3) is 21.9 Å². The number of aromatic nitrogens is 3. The van der Waals surface area contributed by atoms with Crippen LogP contribution in [0.4, 0.5) is 13.2 Å². The predicted octanol–water partition coefficient (Wildman–Crippen LogP) is 3.49. The summed E-state index contributed by atoms with van der Waals surface area (Å²) < 4.78 is 63.5. The Labute approximate surface area is 159 Å². The molecule has 1 unspecified atom stereocenters. The molecule has 1 saturated heterocycles. The number of H-pyrrole nitrogens is 1. The highest BCUT2D eigenvalue weighted by molar-refractivity contribution is 7.89. The maximum Gasteiger partial charge on any atom is 0.404 e. The fraction of sp³-hybridized carbons (Fsp3) is 0.444. The zero-order valence-electron chi connectivity index (χ0n) is 15.1. The van der Waals surface area contributed by atoms with Gasteiger partial charge in [-0.25, -0.2) is 17.7 Å². The van der Waals surface area contributed by atoms with E-state index in [0.717, 1.165) is 26.3 Å². The number of nitrogens with zero attached hydrogens (tertiary/aromatic N) is 3. The van der Waals surface area contributed by atoms with Crippen LogP contribution in [0.15, 0.2) is 24.5 Å². The van der Waals surface area contributed by atoms with Gasteiger partial charge in [0.25, 0.3) is 0 Å². The Bertz CT molecular complexity index is 1140. The van der Waals surface area contributed by atoms with E-state index in [0.29, 0.717) is 24.0 Å². The lowest BCUT2D eigenvalue weighted by Crippen LogP contribution is -2.43. The molecule has 28 heavy (non-hydrogen) atoms. The van der Waals surface area contributed by atoms with Crippen molar-refractivity contribution in [3.05, 3.63) is 35.8 Å². The number of aryl methyl sites for hydroxylation is 1. The molecule has 10 heteroatoms. The van der Waals surface area contributed by atoms with Crippen LogP contribution < -0.4 is 0 Å². The largest absolute Gasteiger partial charge is 0.404 e. The van der Waals surface area contributed by atoms with E-state index in [2.05, 4.69) is 15.0 Å². The van der Waals surface area contributed by atoms with Gasteiger partial charge in [-0.05, 0) is 43.4 Å². The molecular formula is C18H19F3N4O2S. The fourth-order valence-electron chi connectivity index (χ4n) is 3.97. The van der Waals surface area contributed by atoms with Crippen LogP contribution in [0, 0.1) is 6.92 Å². The topological polar surface area (TPSA) is 79.0 Å². The van der Waals surface area contributed by atoms with Crippen molar-refractivity contribution < 1.29 is 21.6 Å². The van der Waals surface area contributed by atoms with Crippen molar-refractivity contribution in [3.8, 4) is 0 Å². The van der Waals surface area contributed by atoms with E-state index in [1.165, 1.54) is 0 Å². The summed E-state index contributed by atoms with van der Waals surface area (Å²) in [5, 5.41) is 1.75. The van der Waals surface area contributed by atoms with Gasteiger partial charge in [-0.15, -0.1) is 0 Å². The van der Waals surface area contributed by atoms with Gasteiger partial charge in [-0.2, -0.15) is 13.2 Å². The van der Waals surface area contributed by atoms with Crippen LogP contribution in [0.2, 0.25) is 0 Å². The minimum Gasteiger partial charge on any atom is -0.344 e. The van der Waals surface area contributed by atoms with Crippen molar-refractivity contribution in [3.63, 3.8) is 0 Å². The van der Waals surface area contributed by atoms with Gasteiger partial charge < -0.3 is 4.98 Å². The molecule has 0 bridgehead atoms. The van der Waals surface area contributed by atoms with E-state index in [1.807, 2.05) is 19.1 Å². The Morgan fingerprint density at radius 3 is 2.86 bits per heavy atom. The molecule has 1 aliphatic heterocycles. The van der Waals surface area contributed by atoms with Crippen LogP contribution >= 0.6 is 0 Å². The SMILES string of the molecule is Cc1cc2c(ncc3nccc(C4CCCN(S(=O)(=O)CC(F)(F)F)C4)c32)[nH]1. The van der Waals surface area contributed by atoms with Gasteiger partial charge in [0.15, 0.2) is 5.75 Å². The monoisotopic (exact) mass is 412 g/mol. The number of hydrogen-bond acceptors (Lipinski definition) is 4. The number of rotatable bonds is 3. The van der Waals surface area contributed by atoms with Crippen LogP contribution in [0.1, 0.15) is 30.0 Å². The lowest BCUT2D eigenvalue weighted by atomic mass is 9.89. The number of nitrogens with one attached hydrogen (secondary N) is 1. The van der Waals surface area contributed by atoms with Gasteiger partial charge in [0.05, 0.1) is 11.7 Å². The fourth-order valence-corrected chi connectivity index (χ4v) is 5.38. The number of hydrogen-bond donors (Lipinski definition) is 1. The van der Waals surface area contributed by atoms with Crippen molar-refractivity contribution in [2.75, 3.05) is 18.8 Å². The summed E-state index contributed by atoms with van der Waals surface area (Å²) in [7, 11) is -4.40. The Morgan fingerprint density at radius 2 is 2.11 bits per heavy atom. The van der Waals surface area contributed by atoms with Crippen LogP contribution in [-0.4, -0.2) is 52.7 Å². The van der Waals surface area contributed by atoms with Crippen molar-refractivity contribution in [2.45, 2.75) is 31.9 Å². The van der Waals surface area contributed by atoms with Gasteiger partial charge in [0.2, 0.25) is 10.0 Å². The summed E-state index contributed by atoms with van der Waals surface area (Å²) in [6.45, 7) is 2.05. The smallest absolute Gasteiger partial charge is 0.344 e. The molecule has 4 heterocycles. The minimum atomic E-state index is -4.75. The van der Waals surface area contributed by atoms with Crippen LogP contribution in [-0.2, 0) is 10.0 Å². The molecule has 0 amide bonds. The molecule has 1 aliphatic rings. The first-order valence-corrected chi connectivity index (χ1v) is 10.5. The molecule has 6 nitrogen and oxygen atoms in total. The number of piperidine rings is 1. The summed E-state index contributed by atoms with van der Waals surface area (Å²) in [6, 6.07) is 3.78. The maximum atomic E-state index is 12.7. The normalized spacial score (nSPS) is 19.5. The second kappa shape index (κ2) is 6.70. The van der Waals surface area contributed by atoms with E-state index in [4.69, 9.17) is 0 Å². The highest BCUT2D eigenvalue weighted by atomic mass is 32.2. The quantitative estimate of drug-likeness (QED) is 0.714. The van der Waals surface area contributed by atoms with Crippen LogP contribution in [0.5, 0.6) is 0 Å². The molecule has 150 valence electrons. The van der Waals surface area contributed by atoms with Gasteiger partial charge in [-0.1, -0.05) is 0 Å².